The summed E-state index contributed by atoms with van der Waals surface area (Å²) in [6.45, 7) is 1.00. The predicted molar refractivity (Wildman–Crippen MR) is 109 cm³/mol. The number of aromatic amines is 1. The highest BCUT2D eigenvalue weighted by Gasteiger charge is 2.27. The van der Waals surface area contributed by atoms with Crippen molar-refractivity contribution >= 4 is 33.4 Å². The molecule has 1 aromatic heterocycles. The summed E-state index contributed by atoms with van der Waals surface area (Å²) >= 11 is 9.40. The lowest BCUT2D eigenvalue weighted by Crippen LogP contribution is -2.36. The molecule has 4 rings (SSSR count). The van der Waals surface area contributed by atoms with Gasteiger partial charge in [-0.3, -0.25) is 9.89 Å². The molecule has 0 spiro atoms. The van der Waals surface area contributed by atoms with Crippen LogP contribution in [0.4, 0.5) is 0 Å². The van der Waals surface area contributed by atoms with E-state index in [1.54, 1.807) is 4.90 Å². The van der Waals surface area contributed by atoms with Crippen molar-refractivity contribution in [1.82, 2.24) is 15.1 Å². The third-order valence-corrected chi connectivity index (χ3v) is 5.71. The van der Waals surface area contributed by atoms with Gasteiger partial charge >= 0.3 is 0 Å². The highest BCUT2D eigenvalue weighted by atomic mass is 79.9. The van der Waals surface area contributed by atoms with Crippen molar-refractivity contribution < 1.29 is 15.0 Å². The fraction of sp³-hybridized carbons (Fsp3) is 0.200. The van der Waals surface area contributed by atoms with Crippen molar-refractivity contribution in [1.29, 1.82) is 0 Å². The van der Waals surface area contributed by atoms with E-state index in [1.807, 2.05) is 24.3 Å². The Labute approximate surface area is 174 Å². The van der Waals surface area contributed by atoms with E-state index in [2.05, 4.69) is 26.1 Å². The van der Waals surface area contributed by atoms with Crippen molar-refractivity contribution in [2.24, 2.45) is 0 Å². The number of hydrogen-bond acceptors (Lipinski definition) is 4. The molecule has 1 aliphatic heterocycles. The highest BCUT2D eigenvalue weighted by Crippen LogP contribution is 2.39. The third-order valence-electron chi connectivity index (χ3n) is 4.88. The predicted octanol–water partition coefficient (Wildman–Crippen LogP) is 4.03. The lowest BCUT2D eigenvalue weighted by Gasteiger charge is -2.27. The van der Waals surface area contributed by atoms with Gasteiger partial charge in [0.25, 0.3) is 0 Å². The van der Waals surface area contributed by atoms with Gasteiger partial charge in [0.2, 0.25) is 5.91 Å². The molecule has 1 aliphatic rings. The monoisotopic (exact) mass is 461 g/mol. The molecule has 0 bridgehead atoms. The summed E-state index contributed by atoms with van der Waals surface area (Å²) < 4.78 is 0.974. The van der Waals surface area contributed by atoms with Crippen LogP contribution in [0.1, 0.15) is 16.8 Å². The summed E-state index contributed by atoms with van der Waals surface area (Å²) in [5.41, 5.74) is 3.70. The van der Waals surface area contributed by atoms with Crippen LogP contribution in [0.3, 0.4) is 0 Å². The number of halogens is 2. The Morgan fingerprint density at radius 3 is 2.71 bits per heavy atom. The van der Waals surface area contributed by atoms with Crippen LogP contribution < -0.4 is 0 Å². The lowest BCUT2D eigenvalue weighted by molar-refractivity contribution is -0.131. The molecule has 3 aromatic rings. The highest BCUT2D eigenvalue weighted by molar-refractivity contribution is 9.10. The number of carbonyl (C=O) groups excluding carboxylic acids is 1. The SMILES string of the molecule is O=C(Cc1ccc(Br)cc1)N1CCc2[nH]nc(-c3cc(Cl)c(O)cc3O)c2C1. The fourth-order valence-corrected chi connectivity index (χ4v) is 3.79. The Hall–Kier alpha value is -2.51. The van der Waals surface area contributed by atoms with E-state index in [0.29, 0.717) is 37.2 Å². The Balaban J connectivity index is 1.59. The molecular formula is C20H17BrClN3O3. The van der Waals surface area contributed by atoms with Crippen LogP contribution in [-0.2, 0) is 24.2 Å². The summed E-state index contributed by atoms with van der Waals surface area (Å²) in [6, 6.07) is 10.4. The molecule has 0 aliphatic carbocycles. The topological polar surface area (TPSA) is 89.5 Å². The molecule has 0 saturated heterocycles. The first-order valence-electron chi connectivity index (χ1n) is 8.72. The number of nitrogens with zero attached hydrogens (tertiary/aromatic N) is 2. The number of fused-ring (bicyclic) bond motifs is 1. The van der Waals surface area contributed by atoms with Crippen LogP contribution in [0.25, 0.3) is 11.3 Å². The largest absolute Gasteiger partial charge is 0.507 e. The molecule has 6 nitrogen and oxygen atoms in total. The zero-order chi connectivity index (χ0) is 19.8. The van der Waals surface area contributed by atoms with Gasteiger partial charge in [-0.2, -0.15) is 5.10 Å². The average Bonchev–Trinajstić information content (AvgIpc) is 3.09. The minimum Gasteiger partial charge on any atom is -0.507 e. The van der Waals surface area contributed by atoms with Gasteiger partial charge in [0.1, 0.15) is 17.2 Å². The van der Waals surface area contributed by atoms with Gasteiger partial charge in [0, 0.05) is 46.9 Å². The van der Waals surface area contributed by atoms with Gasteiger partial charge in [-0.25, -0.2) is 0 Å². The van der Waals surface area contributed by atoms with E-state index in [1.165, 1.54) is 12.1 Å². The molecule has 1 amide bonds. The van der Waals surface area contributed by atoms with Gasteiger partial charge in [-0.15, -0.1) is 0 Å². The number of benzene rings is 2. The van der Waals surface area contributed by atoms with E-state index >= 15 is 0 Å². The Bertz CT molecular complexity index is 1050. The number of aromatic hydroxyl groups is 2. The van der Waals surface area contributed by atoms with Crippen molar-refractivity contribution in [2.75, 3.05) is 6.54 Å². The quantitative estimate of drug-likeness (QED) is 0.548. The minimum atomic E-state index is -0.196. The lowest BCUT2D eigenvalue weighted by atomic mass is 9.99. The maximum absolute atomic E-state index is 12.8. The maximum Gasteiger partial charge on any atom is 0.227 e. The third kappa shape index (κ3) is 3.59. The number of carbonyl (C=O) groups is 1. The molecule has 144 valence electrons. The zero-order valence-corrected chi connectivity index (χ0v) is 17.1. The van der Waals surface area contributed by atoms with E-state index < -0.39 is 0 Å². The van der Waals surface area contributed by atoms with E-state index in [0.717, 1.165) is 21.3 Å². The molecule has 2 aromatic carbocycles. The second-order valence-electron chi connectivity index (χ2n) is 6.72. The smallest absolute Gasteiger partial charge is 0.227 e. The standard InChI is InChI=1S/C20H17BrClN3O3/c21-12-3-1-11(2-4-12)7-19(28)25-6-5-16-14(10-25)20(24-23-16)13-8-15(22)18(27)9-17(13)26/h1-4,8-9,26-27H,5-7,10H2,(H,23,24). The van der Waals surface area contributed by atoms with Gasteiger partial charge < -0.3 is 15.1 Å². The molecule has 0 radical (unpaired) electrons. The van der Waals surface area contributed by atoms with Gasteiger partial charge in [-0.1, -0.05) is 39.7 Å². The second-order valence-corrected chi connectivity index (χ2v) is 8.04. The zero-order valence-electron chi connectivity index (χ0n) is 14.7. The molecule has 0 unspecified atom stereocenters. The molecule has 2 heterocycles. The van der Waals surface area contributed by atoms with Crippen LogP contribution in [0, 0.1) is 0 Å². The van der Waals surface area contributed by atoms with Crippen LogP contribution in [0.5, 0.6) is 11.5 Å². The molecule has 0 saturated carbocycles. The molecule has 8 heteroatoms. The number of H-pyrrole nitrogens is 1. The van der Waals surface area contributed by atoms with Crippen molar-refractivity contribution in [3.8, 4) is 22.8 Å². The maximum atomic E-state index is 12.8. The number of aromatic nitrogens is 2. The van der Waals surface area contributed by atoms with Crippen LogP contribution in [0.15, 0.2) is 40.9 Å². The minimum absolute atomic E-state index is 0.0353. The number of hydrogen-bond donors (Lipinski definition) is 3. The van der Waals surface area contributed by atoms with Gasteiger partial charge in [-0.05, 0) is 23.8 Å². The second kappa shape index (κ2) is 7.48. The summed E-state index contributed by atoms with van der Waals surface area (Å²) in [5.74, 6) is -0.277. The molecule has 28 heavy (non-hydrogen) atoms. The summed E-state index contributed by atoms with van der Waals surface area (Å²) in [6.07, 6.45) is 0.979. The first kappa shape index (κ1) is 18.8. The Morgan fingerprint density at radius 2 is 1.96 bits per heavy atom. The Kier molecular flexibility index (Phi) is 5.03. The number of rotatable bonds is 3. The first-order valence-corrected chi connectivity index (χ1v) is 9.89. The molecular weight excluding hydrogens is 446 g/mol. The first-order chi connectivity index (χ1) is 13.4. The van der Waals surface area contributed by atoms with Crippen molar-refractivity contribution in [2.45, 2.75) is 19.4 Å². The molecule has 3 N–H and O–H groups in total. The number of phenols is 2. The van der Waals surface area contributed by atoms with Crippen LogP contribution >= 0.6 is 27.5 Å². The normalized spacial score (nSPS) is 13.4. The van der Waals surface area contributed by atoms with Crippen LogP contribution in [-0.4, -0.2) is 37.8 Å². The fourth-order valence-electron chi connectivity index (χ4n) is 3.36. The summed E-state index contributed by atoms with van der Waals surface area (Å²) in [4.78, 5) is 14.6. The Morgan fingerprint density at radius 1 is 1.21 bits per heavy atom. The number of amides is 1. The van der Waals surface area contributed by atoms with Gasteiger partial charge in [0.15, 0.2) is 0 Å². The van der Waals surface area contributed by atoms with E-state index in [-0.39, 0.29) is 22.4 Å². The average molecular weight is 463 g/mol. The summed E-state index contributed by atoms with van der Waals surface area (Å²) in [7, 11) is 0. The molecule has 0 fully saturated rings. The number of phenolic OH excluding ortho intramolecular Hbond substituents is 2. The summed E-state index contributed by atoms with van der Waals surface area (Å²) in [5, 5.41) is 27.3. The van der Waals surface area contributed by atoms with E-state index in [4.69, 9.17) is 11.6 Å². The van der Waals surface area contributed by atoms with E-state index in [9.17, 15) is 15.0 Å². The number of nitrogens with one attached hydrogen (secondary N) is 1. The molecule has 0 atom stereocenters. The van der Waals surface area contributed by atoms with Crippen molar-refractivity contribution in [3.05, 3.63) is 62.7 Å². The van der Waals surface area contributed by atoms with Gasteiger partial charge in [0.05, 0.1) is 11.4 Å². The van der Waals surface area contributed by atoms with Crippen molar-refractivity contribution in [3.63, 3.8) is 0 Å². The van der Waals surface area contributed by atoms with Crippen LogP contribution in [0.2, 0.25) is 5.02 Å².